The highest BCUT2D eigenvalue weighted by Crippen LogP contribution is 2.36. The Morgan fingerprint density at radius 3 is 1.20 bits per heavy atom. The summed E-state index contributed by atoms with van der Waals surface area (Å²) in [6.07, 6.45) is 36.5. The van der Waals surface area contributed by atoms with E-state index in [0.29, 0.717) is 12.8 Å². The van der Waals surface area contributed by atoms with Crippen LogP contribution in [0.4, 0.5) is 0 Å². The molecule has 1 amide bonds. The van der Waals surface area contributed by atoms with Gasteiger partial charge in [0.05, 0.1) is 18.8 Å². The van der Waals surface area contributed by atoms with Gasteiger partial charge in [0, 0.05) is 6.42 Å². The summed E-state index contributed by atoms with van der Waals surface area (Å²) in [5.41, 5.74) is 0. The average Bonchev–Trinajstić information content (AvgIpc) is 3.00. The Balaban J connectivity index is 3.91. The molecule has 2 atom stereocenters. The second-order valence-corrected chi connectivity index (χ2v) is 14.9. The Kier molecular flexibility index (Phi) is 33.1. The van der Waals surface area contributed by atoms with Gasteiger partial charge in [0.1, 0.15) is 0 Å². The van der Waals surface area contributed by atoms with Crippen LogP contribution in [0.15, 0.2) is 0 Å². The van der Waals surface area contributed by atoms with Crippen LogP contribution in [0.3, 0.4) is 0 Å². The predicted molar refractivity (Wildman–Crippen MR) is 190 cm³/mol. The molecule has 0 aliphatic heterocycles. The third-order valence-electron chi connectivity index (χ3n) is 9.09. The average molecular weight is 662 g/mol. The molecule has 0 radical (unpaired) electrons. The molecular formula is C37H76NO6P. The number of rotatable bonds is 36. The van der Waals surface area contributed by atoms with Crippen LogP contribution in [-0.2, 0) is 13.9 Å². The molecule has 0 bridgehead atoms. The van der Waals surface area contributed by atoms with Gasteiger partial charge in [-0.1, -0.05) is 194 Å². The normalized spacial score (nSPS) is 13.3. The molecule has 0 spiro atoms. The molecule has 0 rings (SSSR count). The minimum atomic E-state index is -4.68. The molecule has 0 fully saturated rings. The Labute approximate surface area is 279 Å². The number of amides is 1. The van der Waals surface area contributed by atoms with E-state index in [1.165, 1.54) is 148 Å². The molecule has 45 heavy (non-hydrogen) atoms. The highest BCUT2D eigenvalue weighted by atomic mass is 31.2. The fourth-order valence-electron chi connectivity index (χ4n) is 6.11. The van der Waals surface area contributed by atoms with Crippen molar-refractivity contribution in [3.8, 4) is 0 Å². The summed E-state index contributed by atoms with van der Waals surface area (Å²) in [6, 6.07) is -0.816. The van der Waals surface area contributed by atoms with Gasteiger partial charge < -0.3 is 20.2 Å². The van der Waals surface area contributed by atoms with E-state index in [-0.39, 0.29) is 5.91 Å². The lowest BCUT2D eigenvalue weighted by molar-refractivity contribution is -0.123. The maximum Gasteiger partial charge on any atom is 0.469 e. The topological polar surface area (TPSA) is 116 Å². The van der Waals surface area contributed by atoms with Crippen LogP contribution in [0.25, 0.3) is 0 Å². The third-order valence-corrected chi connectivity index (χ3v) is 9.58. The van der Waals surface area contributed by atoms with Crippen LogP contribution in [0.5, 0.6) is 0 Å². The fourth-order valence-corrected chi connectivity index (χ4v) is 6.47. The van der Waals surface area contributed by atoms with Crippen molar-refractivity contribution in [1.29, 1.82) is 0 Å². The molecular weight excluding hydrogens is 585 g/mol. The van der Waals surface area contributed by atoms with Gasteiger partial charge in [-0.15, -0.1) is 0 Å². The van der Waals surface area contributed by atoms with E-state index in [1.54, 1.807) is 0 Å². The maximum absolute atomic E-state index is 12.5. The van der Waals surface area contributed by atoms with Crippen molar-refractivity contribution in [3.05, 3.63) is 0 Å². The van der Waals surface area contributed by atoms with Gasteiger partial charge in [-0.2, -0.15) is 0 Å². The highest BCUT2D eigenvalue weighted by molar-refractivity contribution is 7.46. The molecule has 0 aliphatic carbocycles. The maximum atomic E-state index is 12.5. The lowest BCUT2D eigenvalue weighted by Gasteiger charge is -2.24. The zero-order valence-corrected chi connectivity index (χ0v) is 30.7. The first-order chi connectivity index (χ1) is 21.8. The van der Waals surface area contributed by atoms with Crippen LogP contribution >= 0.6 is 7.82 Å². The monoisotopic (exact) mass is 662 g/mol. The molecule has 0 aliphatic rings. The number of unbranched alkanes of at least 4 members (excludes halogenated alkanes) is 27. The molecule has 4 N–H and O–H groups in total. The second-order valence-electron chi connectivity index (χ2n) is 13.6. The third kappa shape index (κ3) is 34.7. The first-order valence-electron chi connectivity index (χ1n) is 19.5. The summed E-state index contributed by atoms with van der Waals surface area (Å²) in [4.78, 5) is 30.8. The van der Waals surface area contributed by atoms with Gasteiger partial charge in [0.15, 0.2) is 0 Å². The van der Waals surface area contributed by atoms with Crippen LogP contribution in [0.1, 0.15) is 213 Å². The van der Waals surface area contributed by atoms with Crippen molar-refractivity contribution < 1.29 is 28.8 Å². The number of hydrogen-bond donors (Lipinski definition) is 4. The van der Waals surface area contributed by atoms with Gasteiger partial charge in [-0.25, -0.2) is 4.57 Å². The van der Waals surface area contributed by atoms with Gasteiger partial charge in [-0.3, -0.25) is 9.32 Å². The Bertz CT molecular complexity index is 673. The van der Waals surface area contributed by atoms with Crippen LogP contribution < -0.4 is 5.32 Å². The number of phosphoric acid groups is 1. The molecule has 0 unspecified atom stereocenters. The molecule has 0 aromatic rings. The van der Waals surface area contributed by atoms with E-state index in [0.717, 1.165) is 38.5 Å². The largest absolute Gasteiger partial charge is 0.469 e. The van der Waals surface area contributed by atoms with Crippen molar-refractivity contribution in [2.24, 2.45) is 0 Å². The zero-order valence-electron chi connectivity index (χ0n) is 29.8. The second kappa shape index (κ2) is 33.4. The van der Waals surface area contributed by atoms with E-state index < -0.39 is 26.6 Å². The van der Waals surface area contributed by atoms with Crippen LogP contribution in [0, 0.1) is 0 Å². The van der Waals surface area contributed by atoms with Gasteiger partial charge >= 0.3 is 7.82 Å². The quantitative estimate of drug-likeness (QED) is 0.0392. The predicted octanol–water partition coefficient (Wildman–Crippen LogP) is 11.1. The number of carbonyl (C=O) groups is 1. The SMILES string of the molecule is CCCCCCCCCCCCCCCCCCC[C@@H](O)[C@H](COP(=O)(O)O)NC(=O)CCCCCCCCCCCCCC. The molecule has 7 nitrogen and oxygen atoms in total. The van der Waals surface area contributed by atoms with E-state index >= 15 is 0 Å². The first kappa shape index (κ1) is 44.5. The number of aliphatic hydroxyl groups excluding tert-OH is 1. The molecule has 0 aromatic heterocycles. The van der Waals surface area contributed by atoms with Crippen molar-refractivity contribution in [3.63, 3.8) is 0 Å². The van der Waals surface area contributed by atoms with E-state index in [2.05, 4.69) is 23.7 Å². The van der Waals surface area contributed by atoms with Crippen molar-refractivity contribution in [1.82, 2.24) is 5.32 Å². The van der Waals surface area contributed by atoms with E-state index in [4.69, 9.17) is 9.79 Å². The van der Waals surface area contributed by atoms with Crippen molar-refractivity contribution >= 4 is 13.7 Å². The minimum absolute atomic E-state index is 0.192. The number of carbonyl (C=O) groups excluding carboxylic acids is 1. The summed E-state index contributed by atoms with van der Waals surface area (Å²) in [5.74, 6) is -0.192. The van der Waals surface area contributed by atoms with E-state index in [9.17, 15) is 14.5 Å². The van der Waals surface area contributed by atoms with Crippen LogP contribution in [0.2, 0.25) is 0 Å². The highest BCUT2D eigenvalue weighted by Gasteiger charge is 2.25. The van der Waals surface area contributed by atoms with Crippen LogP contribution in [-0.4, -0.2) is 39.6 Å². The molecule has 0 heterocycles. The van der Waals surface area contributed by atoms with Gasteiger partial charge in [0.2, 0.25) is 5.91 Å². The number of hydrogen-bond acceptors (Lipinski definition) is 4. The molecule has 0 saturated heterocycles. The Morgan fingerprint density at radius 1 is 0.556 bits per heavy atom. The van der Waals surface area contributed by atoms with Crippen molar-refractivity contribution in [2.45, 2.75) is 225 Å². The van der Waals surface area contributed by atoms with Gasteiger partial charge in [-0.05, 0) is 12.8 Å². The Morgan fingerprint density at radius 2 is 0.867 bits per heavy atom. The standard InChI is InChI=1S/C37H76NO6P/c1-3-5-7-9-11-13-15-17-18-19-20-21-22-24-26-28-30-32-36(39)35(34-44-45(41,42)43)38-37(40)33-31-29-27-25-23-16-14-12-10-8-6-4-2/h35-36,39H,3-34H2,1-2H3,(H,38,40)(H2,41,42,43)/t35-,36+/m0/s1. The van der Waals surface area contributed by atoms with Gasteiger partial charge in [0.25, 0.3) is 0 Å². The Hall–Kier alpha value is -0.460. The summed E-state index contributed by atoms with van der Waals surface area (Å²) >= 11 is 0. The minimum Gasteiger partial charge on any atom is -0.391 e. The smallest absolute Gasteiger partial charge is 0.391 e. The molecule has 270 valence electrons. The summed E-state index contributed by atoms with van der Waals surface area (Å²) in [6.45, 7) is 4.12. The molecule has 8 heteroatoms. The zero-order chi connectivity index (χ0) is 33.3. The number of aliphatic hydroxyl groups is 1. The summed E-state index contributed by atoms with van der Waals surface area (Å²) in [7, 11) is -4.68. The summed E-state index contributed by atoms with van der Waals surface area (Å²) in [5, 5.41) is 13.5. The fraction of sp³-hybridized carbons (Fsp3) is 0.973. The van der Waals surface area contributed by atoms with E-state index in [1.807, 2.05) is 0 Å². The number of phosphoric ester groups is 1. The lowest BCUT2D eigenvalue weighted by atomic mass is 10.0. The molecule has 0 aromatic carbocycles. The number of nitrogens with one attached hydrogen (secondary N) is 1. The van der Waals surface area contributed by atoms with Crippen molar-refractivity contribution in [2.75, 3.05) is 6.61 Å². The lowest BCUT2D eigenvalue weighted by Crippen LogP contribution is -2.46. The summed E-state index contributed by atoms with van der Waals surface area (Å²) < 4.78 is 15.9. The first-order valence-corrected chi connectivity index (χ1v) is 21.0. The molecule has 0 saturated carbocycles.